The summed E-state index contributed by atoms with van der Waals surface area (Å²) in [5.41, 5.74) is 3.73. The molecule has 0 heterocycles. The monoisotopic (exact) mass is 448 g/mol. The SMILES string of the molecule is C[C@H](NC(=O)C1(CNC(=O)OCC2c3ccccc3-c3ccccc32)CC12CCC2)C(=O)O. The topological polar surface area (TPSA) is 105 Å². The average Bonchev–Trinajstić information content (AvgIpc) is 3.41. The Morgan fingerprint density at radius 2 is 1.67 bits per heavy atom. The van der Waals surface area contributed by atoms with E-state index in [4.69, 9.17) is 9.84 Å². The number of carbonyl (C=O) groups excluding carboxylic acids is 2. The Morgan fingerprint density at radius 3 is 2.18 bits per heavy atom. The van der Waals surface area contributed by atoms with Crippen LogP contribution in [0.1, 0.15) is 49.7 Å². The van der Waals surface area contributed by atoms with E-state index in [2.05, 4.69) is 34.9 Å². The normalized spacial score (nSPS) is 22.5. The number of aliphatic carboxylic acids is 1. The zero-order valence-electron chi connectivity index (χ0n) is 18.6. The van der Waals surface area contributed by atoms with Crippen molar-refractivity contribution >= 4 is 18.0 Å². The van der Waals surface area contributed by atoms with E-state index < -0.39 is 23.5 Å². The summed E-state index contributed by atoms with van der Waals surface area (Å²) in [5.74, 6) is -1.40. The summed E-state index contributed by atoms with van der Waals surface area (Å²) in [6.45, 7) is 1.81. The fraction of sp³-hybridized carbons (Fsp3) is 0.423. The molecule has 2 fully saturated rings. The van der Waals surface area contributed by atoms with E-state index in [1.54, 1.807) is 0 Å². The molecule has 2 atom stereocenters. The fourth-order valence-electron chi connectivity index (χ4n) is 5.71. The number of hydrogen-bond acceptors (Lipinski definition) is 4. The number of benzene rings is 2. The average molecular weight is 449 g/mol. The quantitative estimate of drug-likeness (QED) is 0.599. The van der Waals surface area contributed by atoms with Crippen LogP contribution in [0.2, 0.25) is 0 Å². The fourth-order valence-corrected chi connectivity index (χ4v) is 5.71. The minimum absolute atomic E-state index is 0.0317. The van der Waals surface area contributed by atoms with Gasteiger partial charge >= 0.3 is 12.1 Å². The summed E-state index contributed by atoms with van der Waals surface area (Å²) < 4.78 is 5.61. The molecule has 3 aliphatic carbocycles. The lowest BCUT2D eigenvalue weighted by Gasteiger charge is -2.32. The lowest BCUT2D eigenvalue weighted by molar-refractivity contribution is -0.142. The lowest BCUT2D eigenvalue weighted by Crippen LogP contribution is -2.49. The van der Waals surface area contributed by atoms with Crippen molar-refractivity contribution < 1.29 is 24.2 Å². The molecule has 2 aromatic rings. The number of alkyl carbamates (subject to hydrolysis) is 1. The van der Waals surface area contributed by atoms with Gasteiger partial charge in [-0.25, -0.2) is 4.79 Å². The first-order valence-electron chi connectivity index (χ1n) is 11.5. The molecule has 1 spiro atoms. The molecule has 2 amide bonds. The molecular weight excluding hydrogens is 420 g/mol. The van der Waals surface area contributed by atoms with Crippen molar-refractivity contribution in [2.24, 2.45) is 10.8 Å². The summed E-state index contributed by atoms with van der Waals surface area (Å²) in [6.07, 6.45) is 3.01. The lowest BCUT2D eigenvalue weighted by atomic mass is 9.74. The molecule has 33 heavy (non-hydrogen) atoms. The number of carboxylic acids is 1. The van der Waals surface area contributed by atoms with Gasteiger partial charge in [0.25, 0.3) is 0 Å². The third kappa shape index (κ3) is 3.46. The predicted molar refractivity (Wildman–Crippen MR) is 122 cm³/mol. The number of fused-ring (bicyclic) bond motifs is 3. The second kappa shape index (κ2) is 7.90. The van der Waals surface area contributed by atoms with Gasteiger partial charge in [0.15, 0.2) is 0 Å². The van der Waals surface area contributed by atoms with Gasteiger partial charge in [-0.15, -0.1) is 0 Å². The molecule has 0 bridgehead atoms. The van der Waals surface area contributed by atoms with Gasteiger partial charge in [0.1, 0.15) is 12.6 Å². The highest BCUT2D eigenvalue weighted by Gasteiger charge is 2.73. The second-order valence-corrected chi connectivity index (χ2v) is 9.61. The minimum atomic E-state index is -1.08. The first-order chi connectivity index (χ1) is 15.9. The van der Waals surface area contributed by atoms with Gasteiger partial charge in [-0.2, -0.15) is 0 Å². The van der Waals surface area contributed by atoms with Crippen molar-refractivity contribution in [3.63, 3.8) is 0 Å². The summed E-state index contributed by atoms with van der Waals surface area (Å²) >= 11 is 0. The third-order valence-electron chi connectivity index (χ3n) is 7.87. The van der Waals surface area contributed by atoms with Crippen LogP contribution in [0.25, 0.3) is 11.1 Å². The van der Waals surface area contributed by atoms with Gasteiger partial charge in [0.05, 0.1) is 5.41 Å². The van der Waals surface area contributed by atoms with Crippen LogP contribution in [-0.4, -0.2) is 42.3 Å². The molecule has 3 N–H and O–H groups in total. The Kier molecular flexibility index (Phi) is 5.15. The van der Waals surface area contributed by atoms with Crippen LogP contribution >= 0.6 is 0 Å². The molecule has 2 aromatic carbocycles. The summed E-state index contributed by atoms with van der Waals surface area (Å²) in [4.78, 5) is 36.7. The van der Waals surface area contributed by atoms with Gasteiger partial charge in [0, 0.05) is 12.5 Å². The van der Waals surface area contributed by atoms with Crippen LogP contribution in [0.15, 0.2) is 48.5 Å². The van der Waals surface area contributed by atoms with Crippen molar-refractivity contribution in [2.75, 3.05) is 13.2 Å². The van der Waals surface area contributed by atoms with Crippen LogP contribution < -0.4 is 10.6 Å². The van der Waals surface area contributed by atoms with E-state index in [1.807, 2.05) is 24.3 Å². The summed E-state index contributed by atoms with van der Waals surface area (Å²) in [7, 11) is 0. The summed E-state index contributed by atoms with van der Waals surface area (Å²) in [5, 5.41) is 14.5. The van der Waals surface area contributed by atoms with Crippen LogP contribution in [0, 0.1) is 10.8 Å². The Balaban J connectivity index is 1.23. The first kappa shape index (κ1) is 21.5. The highest BCUT2D eigenvalue weighted by molar-refractivity contribution is 5.91. The Labute approximate surface area is 192 Å². The van der Waals surface area contributed by atoms with Crippen LogP contribution in [0.5, 0.6) is 0 Å². The Hall–Kier alpha value is -3.35. The Morgan fingerprint density at radius 1 is 1.06 bits per heavy atom. The standard InChI is InChI=1S/C26H28N2O5/c1-16(22(29)30)28-23(31)26(14-25(26)11-6-12-25)15-27-24(32)33-13-21-19-9-4-2-7-17(19)18-8-3-5-10-20(18)21/h2-5,7-10,16,21H,6,11-15H2,1H3,(H,27,32)(H,28,31)(H,29,30)/t16-,26?/m0/s1. The highest BCUT2D eigenvalue weighted by Crippen LogP contribution is 2.73. The Bertz CT molecular complexity index is 1080. The number of ether oxygens (including phenoxy) is 1. The molecule has 0 aromatic heterocycles. The maximum atomic E-state index is 12.9. The molecule has 7 nitrogen and oxygen atoms in total. The second-order valence-electron chi connectivity index (χ2n) is 9.61. The molecule has 7 heteroatoms. The number of carboxylic acid groups (broad SMARTS) is 1. The van der Waals surface area contributed by atoms with Crippen molar-refractivity contribution in [3.8, 4) is 11.1 Å². The molecule has 0 aliphatic heterocycles. The van der Waals surface area contributed by atoms with E-state index in [9.17, 15) is 14.4 Å². The van der Waals surface area contributed by atoms with Crippen molar-refractivity contribution in [2.45, 2.75) is 44.6 Å². The molecular formula is C26H28N2O5. The minimum Gasteiger partial charge on any atom is -0.480 e. The van der Waals surface area contributed by atoms with Crippen molar-refractivity contribution in [1.82, 2.24) is 10.6 Å². The number of amides is 2. The van der Waals surface area contributed by atoms with E-state index in [1.165, 1.54) is 6.92 Å². The maximum Gasteiger partial charge on any atom is 0.407 e. The molecule has 2 saturated carbocycles. The van der Waals surface area contributed by atoms with Crippen LogP contribution in [-0.2, 0) is 14.3 Å². The molecule has 1 unspecified atom stereocenters. The number of rotatable bonds is 7. The number of hydrogen-bond donors (Lipinski definition) is 3. The maximum absolute atomic E-state index is 12.9. The molecule has 0 radical (unpaired) electrons. The van der Waals surface area contributed by atoms with E-state index in [0.29, 0.717) is 6.42 Å². The van der Waals surface area contributed by atoms with Gasteiger partial charge in [-0.1, -0.05) is 55.0 Å². The van der Waals surface area contributed by atoms with Gasteiger partial charge in [-0.05, 0) is 53.9 Å². The van der Waals surface area contributed by atoms with Gasteiger partial charge in [0.2, 0.25) is 5.91 Å². The van der Waals surface area contributed by atoms with Gasteiger partial charge < -0.3 is 20.5 Å². The zero-order valence-corrected chi connectivity index (χ0v) is 18.6. The predicted octanol–water partition coefficient (Wildman–Crippen LogP) is 3.67. The smallest absolute Gasteiger partial charge is 0.407 e. The van der Waals surface area contributed by atoms with E-state index >= 15 is 0 Å². The molecule has 0 saturated heterocycles. The first-order valence-corrected chi connectivity index (χ1v) is 11.5. The number of nitrogens with one attached hydrogen (secondary N) is 2. The van der Waals surface area contributed by atoms with Gasteiger partial charge in [-0.3, -0.25) is 9.59 Å². The van der Waals surface area contributed by atoms with E-state index in [-0.39, 0.29) is 30.4 Å². The zero-order chi connectivity index (χ0) is 23.2. The molecule has 172 valence electrons. The summed E-state index contributed by atoms with van der Waals surface area (Å²) in [6, 6.07) is 15.3. The third-order valence-corrected chi connectivity index (χ3v) is 7.87. The van der Waals surface area contributed by atoms with Crippen molar-refractivity contribution in [1.29, 1.82) is 0 Å². The van der Waals surface area contributed by atoms with Crippen LogP contribution in [0.4, 0.5) is 4.79 Å². The molecule has 3 aliphatic rings. The van der Waals surface area contributed by atoms with E-state index in [0.717, 1.165) is 41.5 Å². The largest absolute Gasteiger partial charge is 0.480 e. The van der Waals surface area contributed by atoms with Crippen LogP contribution in [0.3, 0.4) is 0 Å². The van der Waals surface area contributed by atoms with Crippen molar-refractivity contribution in [3.05, 3.63) is 59.7 Å². The number of carbonyl (C=O) groups is 3. The highest BCUT2D eigenvalue weighted by atomic mass is 16.5. The molecule has 5 rings (SSSR count).